The molecular weight excluding hydrogens is 160 g/mol. The second-order valence-corrected chi connectivity index (χ2v) is 2.38. The molecule has 0 aromatic carbocycles. The predicted octanol–water partition coefficient (Wildman–Crippen LogP) is 1.13. The van der Waals surface area contributed by atoms with Gasteiger partial charge in [-0.25, -0.2) is 0 Å². The lowest BCUT2D eigenvalue weighted by molar-refractivity contribution is -0.146. The molecule has 0 fully saturated rings. The van der Waals surface area contributed by atoms with E-state index in [0.29, 0.717) is 6.42 Å². The zero-order valence-electron chi connectivity index (χ0n) is 6.86. The van der Waals surface area contributed by atoms with Gasteiger partial charge in [0.1, 0.15) is 0 Å². The normalized spacial score (nSPS) is 13.1. The minimum absolute atomic E-state index is 0.355. The zero-order chi connectivity index (χ0) is 9.56. The molecule has 0 saturated carbocycles. The number of rotatable bonds is 5. The van der Waals surface area contributed by atoms with Crippen LogP contribution < -0.4 is 0 Å². The van der Waals surface area contributed by atoms with Gasteiger partial charge in [0.25, 0.3) is 0 Å². The number of hydrogen-bond donors (Lipinski definition) is 2. The average molecular weight is 172 g/mol. The summed E-state index contributed by atoms with van der Waals surface area (Å²) in [6.45, 7) is 1.86. The Hall–Kier alpha value is -1.32. The summed E-state index contributed by atoms with van der Waals surface area (Å²) in [5, 5.41) is 16.9. The number of allylic oxidation sites excluding steroid dienone is 1. The van der Waals surface area contributed by atoms with Crippen molar-refractivity contribution < 1.29 is 19.8 Å². The molecule has 0 radical (unpaired) electrons. The molecule has 1 atom stereocenters. The van der Waals surface area contributed by atoms with Crippen LogP contribution in [0.2, 0.25) is 0 Å². The quantitative estimate of drug-likeness (QED) is 0.609. The molecule has 0 aliphatic rings. The van der Waals surface area contributed by atoms with Crippen molar-refractivity contribution >= 4 is 11.9 Å². The fourth-order valence-electron chi connectivity index (χ4n) is 0.726. The third kappa shape index (κ3) is 4.49. The Morgan fingerprint density at radius 3 is 2.33 bits per heavy atom. The molecule has 4 nitrogen and oxygen atoms in total. The van der Waals surface area contributed by atoms with E-state index >= 15 is 0 Å². The van der Waals surface area contributed by atoms with Crippen molar-refractivity contribution in [3.8, 4) is 0 Å². The van der Waals surface area contributed by atoms with Crippen LogP contribution in [0.25, 0.3) is 0 Å². The van der Waals surface area contributed by atoms with Crippen LogP contribution in [0.4, 0.5) is 0 Å². The molecule has 0 saturated heterocycles. The first-order valence-corrected chi connectivity index (χ1v) is 3.69. The lowest BCUT2D eigenvalue weighted by Gasteiger charge is -2.02. The second-order valence-electron chi connectivity index (χ2n) is 2.38. The van der Waals surface area contributed by atoms with Crippen molar-refractivity contribution in [3.05, 3.63) is 12.2 Å². The van der Waals surface area contributed by atoms with Gasteiger partial charge in [-0.2, -0.15) is 0 Å². The highest BCUT2D eigenvalue weighted by atomic mass is 16.4. The van der Waals surface area contributed by atoms with Crippen molar-refractivity contribution in [1.82, 2.24) is 0 Å². The maximum atomic E-state index is 10.4. The summed E-state index contributed by atoms with van der Waals surface area (Å²) in [5.74, 6) is -3.09. The standard InChI is InChI=1S/C8H12O4/c1-2-3-4-6(8(11)12)5-7(9)10/h3-4,6H,2,5H2,1H3,(H,9,10)(H,11,12)/b4-3-. The molecule has 12 heavy (non-hydrogen) atoms. The van der Waals surface area contributed by atoms with Crippen molar-refractivity contribution in [3.63, 3.8) is 0 Å². The summed E-state index contributed by atoms with van der Waals surface area (Å²) in [6.07, 6.45) is 3.42. The van der Waals surface area contributed by atoms with E-state index in [4.69, 9.17) is 10.2 Å². The lowest BCUT2D eigenvalue weighted by Crippen LogP contribution is -2.15. The predicted molar refractivity (Wildman–Crippen MR) is 42.8 cm³/mol. The van der Waals surface area contributed by atoms with E-state index in [9.17, 15) is 9.59 Å². The van der Waals surface area contributed by atoms with E-state index in [2.05, 4.69) is 0 Å². The van der Waals surface area contributed by atoms with Gasteiger partial charge in [-0.05, 0) is 6.42 Å². The third-order valence-corrected chi connectivity index (χ3v) is 1.32. The van der Waals surface area contributed by atoms with Crippen LogP contribution in [0.1, 0.15) is 19.8 Å². The highest BCUT2D eigenvalue weighted by Gasteiger charge is 2.16. The summed E-state index contributed by atoms with van der Waals surface area (Å²) in [5.41, 5.74) is 0. The highest BCUT2D eigenvalue weighted by Crippen LogP contribution is 2.05. The Morgan fingerprint density at radius 1 is 1.42 bits per heavy atom. The van der Waals surface area contributed by atoms with E-state index in [1.165, 1.54) is 6.08 Å². The number of aliphatic carboxylic acids is 2. The average Bonchev–Trinajstić information content (AvgIpc) is 1.96. The highest BCUT2D eigenvalue weighted by molar-refractivity contribution is 5.79. The molecule has 0 aliphatic carbocycles. The molecule has 0 rings (SSSR count). The fraction of sp³-hybridized carbons (Fsp3) is 0.500. The van der Waals surface area contributed by atoms with E-state index in [1.54, 1.807) is 6.08 Å². The number of carbonyl (C=O) groups is 2. The summed E-state index contributed by atoms with van der Waals surface area (Å²) >= 11 is 0. The van der Waals surface area contributed by atoms with Gasteiger partial charge >= 0.3 is 11.9 Å². The van der Waals surface area contributed by atoms with Gasteiger partial charge in [-0.1, -0.05) is 19.1 Å². The van der Waals surface area contributed by atoms with Crippen LogP contribution in [0.15, 0.2) is 12.2 Å². The molecule has 0 aromatic rings. The molecule has 4 heteroatoms. The molecule has 0 spiro atoms. The van der Waals surface area contributed by atoms with Crippen LogP contribution >= 0.6 is 0 Å². The molecular formula is C8H12O4. The first-order chi connectivity index (χ1) is 5.57. The van der Waals surface area contributed by atoms with E-state index in [-0.39, 0.29) is 6.42 Å². The Bertz CT molecular complexity index is 195. The first kappa shape index (κ1) is 10.7. The van der Waals surface area contributed by atoms with E-state index in [0.717, 1.165) is 0 Å². The van der Waals surface area contributed by atoms with Gasteiger partial charge in [0.05, 0.1) is 12.3 Å². The number of hydrogen-bond acceptors (Lipinski definition) is 2. The summed E-state index contributed by atoms with van der Waals surface area (Å²) in [7, 11) is 0. The minimum Gasteiger partial charge on any atom is -0.481 e. The monoisotopic (exact) mass is 172 g/mol. The SMILES string of the molecule is CC/C=C\C(CC(=O)O)C(=O)O. The Balaban J connectivity index is 4.14. The molecule has 68 valence electrons. The topological polar surface area (TPSA) is 74.6 Å². The van der Waals surface area contributed by atoms with Crippen LogP contribution in [0.3, 0.4) is 0 Å². The Labute approximate surface area is 70.5 Å². The number of carboxylic acid groups (broad SMARTS) is 2. The maximum Gasteiger partial charge on any atom is 0.310 e. The summed E-state index contributed by atoms with van der Waals surface area (Å²) < 4.78 is 0. The fourth-order valence-corrected chi connectivity index (χ4v) is 0.726. The first-order valence-electron chi connectivity index (χ1n) is 3.69. The van der Waals surface area contributed by atoms with Gasteiger partial charge in [0, 0.05) is 0 Å². The third-order valence-electron chi connectivity index (χ3n) is 1.32. The van der Waals surface area contributed by atoms with Gasteiger partial charge in [0.2, 0.25) is 0 Å². The second kappa shape index (κ2) is 5.35. The Morgan fingerprint density at radius 2 is 2.00 bits per heavy atom. The van der Waals surface area contributed by atoms with Crippen molar-refractivity contribution in [2.75, 3.05) is 0 Å². The van der Waals surface area contributed by atoms with Crippen LogP contribution in [-0.2, 0) is 9.59 Å². The summed E-state index contributed by atoms with van der Waals surface area (Å²) in [4.78, 5) is 20.6. The van der Waals surface area contributed by atoms with Crippen LogP contribution in [-0.4, -0.2) is 22.2 Å². The van der Waals surface area contributed by atoms with Crippen molar-refractivity contribution in [2.24, 2.45) is 5.92 Å². The van der Waals surface area contributed by atoms with Gasteiger partial charge in [-0.15, -0.1) is 0 Å². The smallest absolute Gasteiger partial charge is 0.310 e. The molecule has 1 unspecified atom stereocenters. The molecule has 0 bridgehead atoms. The summed E-state index contributed by atoms with van der Waals surface area (Å²) in [6, 6.07) is 0. The molecule has 2 N–H and O–H groups in total. The van der Waals surface area contributed by atoms with Crippen LogP contribution in [0.5, 0.6) is 0 Å². The maximum absolute atomic E-state index is 10.4. The molecule has 0 aromatic heterocycles. The lowest BCUT2D eigenvalue weighted by atomic mass is 10.1. The van der Waals surface area contributed by atoms with Crippen molar-refractivity contribution in [1.29, 1.82) is 0 Å². The molecule has 0 heterocycles. The zero-order valence-corrected chi connectivity index (χ0v) is 6.86. The number of carboxylic acids is 2. The largest absolute Gasteiger partial charge is 0.481 e. The van der Waals surface area contributed by atoms with Gasteiger partial charge in [0.15, 0.2) is 0 Å². The van der Waals surface area contributed by atoms with Crippen molar-refractivity contribution in [2.45, 2.75) is 19.8 Å². The van der Waals surface area contributed by atoms with Crippen LogP contribution in [0, 0.1) is 5.92 Å². The van der Waals surface area contributed by atoms with E-state index < -0.39 is 17.9 Å². The van der Waals surface area contributed by atoms with Gasteiger partial charge < -0.3 is 10.2 Å². The molecule has 0 aliphatic heterocycles. The van der Waals surface area contributed by atoms with E-state index in [1.807, 2.05) is 6.92 Å². The minimum atomic E-state index is -1.10. The van der Waals surface area contributed by atoms with Gasteiger partial charge in [-0.3, -0.25) is 9.59 Å². The molecule has 0 amide bonds. The Kier molecular flexibility index (Phi) is 4.76.